The second-order valence-corrected chi connectivity index (χ2v) is 3.28. The number of hydrogen-bond acceptors (Lipinski definition) is 3. The van der Waals surface area contributed by atoms with Crippen LogP contribution in [0.25, 0.3) is 0 Å². The number of nitrogens with zero attached hydrogens (tertiary/aromatic N) is 1. The standard InChI is InChI=1S/C9H20N4O/c10-5-1-3-8(7-14)4-2-6-13-9(11)12/h7-8H,1-6,10H2,(H4,11,12,13). The molecule has 0 aliphatic rings. The molecule has 1 atom stereocenters. The molecule has 0 rings (SSSR count). The van der Waals surface area contributed by atoms with Gasteiger partial charge in [0.1, 0.15) is 6.29 Å². The summed E-state index contributed by atoms with van der Waals surface area (Å²) in [7, 11) is 0. The minimum absolute atomic E-state index is 0.104. The molecule has 0 aromatic carbocycles. The third kappa shape index (κ3) is 7.54. The average molecular weight is 200 g/mol. The van der Waals surface area contributed by atoms with E-state index in [1.54, 1.807) is 0 Å². The predicted molar refractivity (Wildman–Crippen MR) is 57.8 cm³/mol. The van der Waals surface area contributed by atoms with Crippen LogP contribution in [0.5, 0.6) is 0 Å². The maximum atomic E-state index is 10.6. The van der Waals surface area contributed by atoms with Crippen molar-refractivity contribution in [3.63, 3.8) is 0 Å². The van der Waals surface area contributed by atoms with Crippen molar-refractivity contribution >= 4 is 12.2 Å². The second-order valence-electron chi connectivity index (χ2n) is 3.28. The number of hydrogen-bond donors (Lipinski definition) is 3. The van der Waals surface area contributed by atoms with E-state index in [1.807, 2.05) is 0 Å². The zero-order valence-electron chi connectivity index (χ0n) is 8.48. The number of nitrogens with two attached hydrogens (primary N) is 3. The zero-order chi connectivity index (χ0) is 10.8. The lowest BCUT2D eigenvalue weighted by Gasteiger charge is -2.07. The largest absolute Gasteiger partial charge is 0.370 e. The number of aliphatic imine (C=N–C) groups is 1. The average Bonchev–Trinajstić information content (AvgIpc) is 2.16. The van der Waals surface area contributed by atoms with Crippen molar-refractivity contribution in [3.8, 4) is 0 Å². The molecule has 0 spiro atoms. The van der Waals surface area contributed by atoms with Gasteiger partial charge in [-0.3, -0.25) is 4.99 Å². The summed E-state index contributed by atoms with van der Waals surface area (Å²) >= 11 is 0. The minimum Gasteiger partial charge on any atom is -0.370 e. The van der Waals surface area contributed by atoms with Crippen molar-refractivity contribution in [2.24, 2.45) is 28.1 Å². The first-order valence-electron chi connectivity index (χ1n) is 4.91. The van der Waals surface area contributed by atoms with Crippen LogP contribution in [0.4, 0.5) is 0 Å². The fourth-order valence-electron chi connectivity index (χ4n) is 1.22. The van der Waals surface area contributed by atoms with Crippen LogP contribution in [0.3, 0.4) is 0 Å². The van der Waals surface area contributed by atoms with Crippen LogP contribution < -0.4 is 17.2 Å². The number of aldehydes is 1. The highest BCUT2D eigenvalue weighted by atomic mass is 16.1. The molecule has 0 aromatic heterocycles. The van der Waals surface area contributed by atoms with Gasteiger partial charge in [-0.25, -0.2) is 0 Å². The van der Waals surface area contributed by atoms with E-state index in [9.17, 15) is 4.79 Å². The smallest absolute Gasteiger partial charge is 0.185 e. The molecule has 1 unspecified atom stereocenters. The summed E-state index contributed by atoms with van der Waals surface area (Å²) in [5, 5.41) is 0. The van der Waals surface area contributed by atoms with E-state index < -0.39 is 0 Å². The van der Waals surface area contributed by atoms with Gasteiger partial charge in [0.25, 0.3) is 0 Å². The third-order valence-electron chi connectivity index (χ3n) is 2.00. The molecule has 0 aromatic rings. The van der Waals surface area contributed by atoms with E-state index in [1.165, 1.54) is 0 Å². The molecule has 0 aliphatic carbocycles. The van der Waals surface area contributed by atoms with Crippen molar-refractivity contribution in [3.05, 3.63) is 0 Å². The lowest BCUT2D eigenvalue weighted by Crippen LogP contribution is -2.23. The molecule has 0 fully saturated rings. The summed E-state index contributed by atoms with van der Waals surface area (Å²) in [6.07, 6.45) is 4.42. The maximum absolute atomic E-state index is 10.6. The molecule has 0 saturated carbocycles. The molecule has 5 heteroatoms. The molecule has 0 aliphatic heterocycles. The van der Waals surface area contributed by atoms with Crippen LogP contribution in [-0.2, 0) is 4.79 Å². The Morgan fingerprint density at radius 2 is 1.93 bits per heavy atom. The van der Waals surface area contributed by atoms with Gasteiger partial charge in [0, 0.05) is 12.5 Å². The molecule has 14 heavy (non-hydrogen) atoms. The van der Waals surface area contributed by atoms with Gasteiger partial charge in [-0.1, -0.05) is 0 Å². The number of guanidine groups is 1. The van der Waals surface area contributed by atoms with Crippen molar-refractivity contribution in [1.29, 1.82) is 0 Å². The Kier molecular flexibility index (Phi) is 7.83. The van der Waals surface area contributed by atoms with Crippen molar-refractivity contribution in [2.75, 3.05) is 13.1 Å². The number of rotatable bonds is 8. The Hall–Kier alpha value is -1.10. The Morgan fingerprint density at radius 1 is 1.29 bits per heavy atom. The highest BCUT2D eigenvalue weighted by molar-refractivity contribution is 5.75. The van der Waals surface area contributed by atoms with Crippen molar-refractivity contribution < 1.29 is 4.79 Å². The Morgan fingerprint density at radius 3 is 2.43 bits per heavy atom. The summed E-state index contributed by atoms with van der Waals surface area (Å²) in [6.45, 7) is 1.23. The lowest BCUT2D eigenvalue weighted by atomic mass is 9.99. The highest BCUT2D eigenvalue weighted by Gasteiger charge is 2.05. The van der Waals surface area contributed by atoms with Gasteiger partial charge >= 0.3 is 0 Å². The van der Waals surface area contributed by atoms with Crippen LogP contribution in [-0.4, -0.2) is 25.3 Å². The van der Waals surface area contributed by atoms with E-state index in [2.05, 4.69) is 4.99 Å². The molecular formula is C9H20N4O. The molecule has 0 radical (unpaired) electrons. The van der Waals surface area contributed by atoms with Crippen LogP contribution in [0.2, 0.25) is 0 Å². The third-order valence-corrected chi connectivity index (χ3v) is 2.00. The highest BCUT2D eigenvalue weighted by Crippen LogP contribution is 2.10. The van der Waals surface area contributed by atoms with Crippen molar-refractivity contribution in [1.82, 2.24) is 0 Å². The molecule has 82 valence electrons. The monoisotopic (exact) mass is 200 g/mol. The Bertz CT molecular complexity index is 178. The molecule has 0 amide bonds. The molecule has 5 nitrogen and oxygen atoms in total. The summed E-state index contributed by atoms with van der Waals surface area (Å²) in [5.41, 5.74) is 15.7. The predicted octanol–water partition coefficient (Wildman–Crippen LogP) is -0.406. The zero-order valence-corrected chi connectivity index (χ0v) is 8.48. The van der Waals surface area contributed by atoms with E-state index in [4.69, 9.17) is 17.2 Å². The summed E-state index contributed by atoms with van der Waals surface area (Å²) < 4.78 is 0. The van der Waals surface area contributed by atoms with E-state index in [0.29, 0.717) is 13.1 Å². The van der Waals surface area contributed by atoms with Crippen LogP contribution in [0, 0.1) is 5.92 Å². The Labute approximate surface area is 84.7 Å². The van der Waals surface area contributed by atoms with Crippen molar-refractivity contribution in [2.45, 2.75) is 25.7 Å². The minimum atomic E-state index is 0.104. The molecule has 6 N–H and O–H groups in total. The van der Waals surface area contributed by atoms with Gasteiger partial charge in [-0.05, 0) is 32.2 Å². The summed E-state index contributed by atoms with van der Waals surface area (Å²) in [6, 6.07) is 0. The number of carbonyl (C=O) groups excluding carboxylic acids is 1. The fraction of sp³-hybridized carbons (Fsp3) is 0.778. The molecular weight excluding hydrogens is 180 g/mol. The van der Waals surface area contributed by atoms with Crippen LogP contribution in [0.1, 0.15) is 25.7 Å². The summed E-state index contributed by atoms with van der Waals surface area (Å²) in [4.78, 5) is 14.5. The van der Waals surface area contributed by atoms with E-state index >= 15 is 0 Å². The second kappa shape index (κ2) is 8.50. The van der Waals surface area contributed by atoms with Gasteiger partial charge in [0.15, 0.2) is 5.96 Å². The van der Waals surface area contributed by atoms with Crippen LogP contribution >= 0.6 is 0 Å². The first kappa shape index (κ1) is 12.9. The number of carbonyl (C=O) groups is 1. The lowest BCUT2D eigenvalue weighted by molar-refractivity contribution is -0.111. The normalized spacial score (nSPS) is 12.1. The molecule has 0 saturated heterocycles. The first-order chi connectivity index (χ1) is 6.70. The topological polar surface area (TPSA) is 107 Å². The fourth-order valence-corrected chi connectivity index (χ4v) is 1.22. The van der Waals surface area contributed by atoms with Gasteiger partial charge in [-0.15, -0.1) is 0 Å². The van der Waals surface area contributed by atoms with Gasteiger partial charge in [-0.2, -0.15) is 0 Å². The van der Waals surface area contributed by atoms with E-state index in [0.717, 1.165) is 32.0 Å². The van der Waals surface area contributed by atoms with Gasteiger partial charge in [0.05, 0.1) is 0 Å². The SMILES string of the molecule is NCCCC(C=O)CCCN=C(N)N. The summed E-state index contributed by atoms with van der Waals surface area (Å²) in [5.74, 6) is 0.211. The van der Waals surface area contributed by atoms with E-state index in [-0.39, 0.29) is 11.9 Å². The molecule has 0 heterocycles. The molecule has 0 bridgehead atoms. The van der Waals surface area contributed by atoms with Gasteiger partial charge < -0.3 is 22.0 Å². The maximum Gasteiger partial charge on any atom is 0.185 e. The quantitative estimate of drug-likeness (QED) is 0.214. The van der Waals surface area contributed by atoms with Crippen LogP contribution in [0.15, 0.2) is 4.99 Å². The Balaban J connectivity index is 3.52. The van der Waals surface area contributed by atoms with Gasteiger partial charge in [0.2, 0.25) is 0 Å². The first-order valence-corrected chi connectivity index (χ1v) is 4.91.